The normalized spacial score (nSPS) is 17.8. The second-order valence-electron chi connectivity index (χ2n) is 6.54. The van der Waals surface area contributed by atoms with Crippen LogP contribution in [0.4, 0.5) is 4.39 Å². The fraction of sp³-hybridized carbons (Fsp3) is 0.381. The molecule has 0 aromatic heterocycles. The van der Waals surface area contributed by atoms with Gasteiger partial charge in [-0.15, -0.1) is 0 Å². The molecule has 1 unspecified atom stereocenters. The first kappa shape index (κ1) is 18.5. The van der Waals surface area contributed by atoms with Crippen molar-refractivity contribution in [3.63, 3.8) is 0 Å². The lowest BCUT2D eigenvalue weighted by Crippen LogP contribution is -2.39. The molecule has 4 nitrogen and oxygen atoms in total. The molecule has 1 N–H and O–H groups in total. The first-order valence-corrected chi connectivity index (χ1v) is 9.15. The van der Waals surface area contributed by atoms with Crippen LogP contribution in [0.1, 0.15) is 34.9 Å². The Kier molecular flexibility index (Phi) is 6.75. The largest absolute Gasteiger partial charge is 0.371 e. The van der Waals surface area contributed by atoms with Crippen LogP contribution in [0.5, 0.6) is 0 Å². The summed E-state index contributed by atoms with van der Waals surface area (Å²) in [5.74, 6) is -0.613. The molecule has 2 aromatic rings. The van der Waals surface area contributed by atoms with Gasteiger partial charge in [0, 0.05) is 25.2 Å². The van der Waals surface area contributed by atoms with Gasteiger partial charge in [-0.05, 0) is 43.1 Å². The van der Waals surface area contributed by atoms with Crippen molar-refractivity contribution in [2.75, 3.05) is 32.8 Å². The number of halogens is 1. The van der Waals surface area contributed by atoms with Crippen LogP contribution < -0.4 is 5.32 Å². The van der Waals surface area contributed by atoms with E-state index in [9.17, 15) is 9.18 Å². The third-order valence-corrected chi connectivity index (χ3v) is 4.60. The second-order valence-corrected chi connectivity index (χ2v) is 6.54. The predicted molar refractivity (Wildman–Crippen MR) is 99.5 cm³/mol. The second kappa shape index (κ2) is 9.46. The zero-order valence-corrected chi connectivity index (χ0v) is 14.9. The number of carbonyl (C=O) groups excluding carboxylic acids is 1. The summed E-state index contributed by atoms with van der Waals surface area (Å²) in [5.41, 5.74) is 1.59. The van der Waals surface area contributed by atoms with E-state index in [0.717, 1.165) is 39.1 Å². The molecule has 0 bridgehead atoms. The molecule has 138 valence electrons. The van der Waals surface area contributed by atoms with Gasteiger partial charge in [-0.25, -0.2) is 4.39 Å². The summed E-state index contributed by atoms with van der Waals surface area (Å²) in [6, 6.07) is 16.1. The quantitative estimate of drug-likeness (QED) is 0.773. The van der Waals surface area contributed by atoms with Crippen LogP contribution in [-0.2, 0) is 4.74 Å². The van der Waals surface area contributed by atoms with Crippen LogP contribution in [0.3, 0.4) is 0 Å². The van der Waals surface area contributed by atoms with E-state index in [4.69, 9.17) is 4.74 Å². The number of hydrogen-bond acceptors (Lipinski definition) is 3. The van der Waals surface area contributed by atoms with Crippen molar-refractivity contribution >= 4 is 5.91 Å². The average molecular weight is 356 g/mol. The third-order valence-electron chi connectivity index (χ3n) is 4.60. The van der Waals surface area contributed by atoms with Crippen LogP contribution in [-0.4, -0.2) is 43.6 Å². The van der Waals surface area contributed by atoms with Gasteiger partial charge in [0.1, 0.15) is 5.82 Å². The van der Waals surface area contributed by atoms with Crippen molar-refractivity contribution in [2.45, 2.75) is 18.9 Å². The van der Waals surface area contributed by atoms with E-state index in [1.54, 1.807) is 12.1 Å². The highest BCUT2D eigenvalue weighted by Gasteiger charge is 2.21. The number of benzene rings is 2. The molecule has 1 saturated heterocycles. The topological polar surface area (TPSA) is 41.6 Å². The minimum absolute atomic E-state index is 0.137. The van der Waals surface area contributed by atoms with Crippen LogP contribution in [0, 0.1) is 5.82 Å². The summed E-state index contributed by atoms with van der Waals surface area (Å²) in [6.45, 7) is 4.18. The summed E-state index contributed by atoms with van der Waals surface area (Å²) < 4.78 is 19.0. The monoisotopic (exact) mass is 356 g/mol. The molecule has 1 fully saturated rings. The molecule has 1 aliphatic rings. The van der Waals surface area contributed by atoms with Crippen molar-refractivity contribution < 1.29 is 13.9 Å². The summed E-state index contributed by atoms with van der Waals surface area (Å²) in [6.07, 6.45) is 2.04. The van der Waals surface area contributed by atoms with E-state index in [-0.39, 0.29) is 12.0 Å². The molecule has 3 rings (SSSR count). The lowest BCUT2D eigenvalue weighted by atomic mass is 10.1. The molecular weight excluding hydrogens is 331 g/mol. The fourth-order valence-electron chi connectivity index (χ4n) is 3.17. The van der Waals surface area contributed by atoms with Crippen molar-refractivity contribution in [2.24, 2.45) is 0 Å². The molecule has 0 aliphatic carbocycles. The Morgan fingerprint density at radius 1 is 1.15 bits per heavy atom. The number of unbranched alkanes of at least 4 members (excludes halogenated alkanes) is 1. The predicted octanol–water partition coefficient (Wildman–Crippen LogP) is 3.41. The maximum atomic E-state index is 13.1. The van der Waals surface area contributed by atoms with Gasteiger partial charge in [-0.3, -0.25) is 9.69 Å². The van der Waals surface area contributed by atoms with E-state index < -0.39 is 5.82 Å². The van der Waals surface area contributed by atoms with Crippen molar-refractivity contribution in [1.82, 2.24) is 10.2 Å². The number of ether oxygens (including phenoxy) is 1. The van der Waals surface area contributed by atoms with Crippen molar-refractivity contribution in [3.05, 3.63) is 71.5 Å². The Morgan fingerprint density at radius 2 is 2.00 bits per heavy atom. The summed E-state index contributed by atoms with van der Waals surface area (Å²) in [5, 5.41) is 2.85. The van der Waals surface area contributed by atoms with E-state index in [2.05, 4.69) is 22.3 Å². The maximum Gasteiger partial charge on any atom is 0.251 e. The molecule has 1 atom stereocenters. The van der Waals surface area contributed by atoms with Crippen LogP contribution in [0.2, 0.25) is 0 Å². The van der Waals surface area contributed by atoms with Crippen LogP contribution in [0.25, 0.3) is 0 Å². The minimum Gasteiger partial charge on any atom is -0.371 e. The molecule has 0 spiro atoms. The summed E-state index contributed by atoms with van der Waals surface area (Å²) >= 11 is 0. The number of nitrogens with one attached hydrogen (secondary N) is 1. The van der Waals surface area contributed by atoms with Crippen molar-refractivity contribution in [1.29, 1.82) is 0 Å². The van der Waals surface area contributed by atoms with Gasteiger partial charge in [-0.2, -0.15) is 0 Å². The third kappa shape index (κ3) is 5.38. The Hall–Kier alpha value is -2.24. The first-order chi connectivity index (χ1) is 12.7. The SMILES string of the molecule is O=C(NCCCCN1CCOC(c2ccccc2)C1)c1cccc(F)c1. The maximum absolute atomic E-state index is 13.1. The Labute approximate surface area is 154 Å². The number of hydrogen-bond donors (Lipinski definition) is 1. The molecular formula is C21H25FN2O2. The highest BCUT2D eigenvalue weighted by atomic mass is 19.1. The Morgan fingerprint density at radius 3 is 2.81 bits per heavy atom. The van der Waals surface area contributed by atoms with Gasteiger partial charge in [-0.1, -0.05) is 36.4 Å². The number of rotatable bonds is 7. The Bertz CT molecular complexity index is 708. The average Bonchev–Trinajstić information content (AvgIpc) is 2.68. The van der Waals surface area contributed by atoms with Gasteiger partial charge in [0.2, 0.25) is 0 Å². The number of nitrogens with zero attached hydrogens (tertiary/aromatic N) is 1. The number of morpholine rings is 1. The smallest absolute Gasteiger partial charge is 0.251 e. The fourth-order valence-corrected chi connectivity index (χ4v) is 3.17. The van der Waals surface area contributed by atoms with Gasteiger partial charge in [0.15, 0.2) is 0 Å². The highest BCUT2D eigenvalue weighted by molar-refractivity contribution is 5.94. The molecule has 1 aliphatic heterocycles. The molecule has 0 radical (unpaired) electrons. The van der Waals surface area contributed by atoms with Crippen molar-refractivity contribution in [3.8, 4) is 0 Å². The van der Waals surface area contributed by atoms with E-state index in [1.165, 1.54) is 17.7 Å². The van der Waals surface area contributed by atoms with Gasteiger partial charge in [0.05, 0.1) is 12.7 Å². The number of amides is 1. The molecule has 1 amide bonds. The molecule has 2 aromatic carbocycles. The Balaban J connectivity index is 1.35. The van der Waals surface area contributed by atoms with E-state index in [0.29, 0.717) is 12.1 Å². The lowest BCUT2D eigenvalue weighted by Gasteiger charge is -2.33. The molecule has 1 heterocycles. The highest BCUT2D eigenvalue weighted by Crippen LogP contribution is 2.21. The molecule has 0 saturated carbocycles. The van der Waals surface area contributed by atoms with E-state index in [1.807, 2.05) is 18.2 Å². The van der Waals surface area contributed by atoms with Gasteiger partial charge < -0.3 is 10.1 Å². The van der Waals surface area contributed by atoms with Crippen LogP contribution in [0.15, 0.2) is 54.6 Å². The van der Waals surface area contributed by atoms with Gasteiger partial charge >= 0.3 is 0 Å². The molecule has 26 heavy (non-hydrogen) atoms. The summed E-state index contributed by atoms with van der Waals surface area (Å²) in [7, 11) is 0. The zero-order valence-electron chi connectivity index (χ0n) is 14.9. The molecule has 5 heteroatoms. The zero-order chi connectivity index (χ0) is 18.2. The van der Waals surface area contributed by atoms with E-state index >= 15 is 0 Å². The van der Waals surface area contributed by atoms with Crippen LogP contribution >= 0.6 is 0 Å². The van der Waals surface area contributed by atoms with Gasteiger partial charge in [0.25, 0.3) is 5.91 Å². The standard InChI is InChI=1S/C21H25FN2O2/c22-19-10-6-9-18(15-19)21(25)23-11-4-5-12-24-13-14-26-20(16-24)17-7-2-1-3-8-17/h1-3,6-10,15,20H,4-5,11-14,16H2,(H,23,25). The minimum atomic E-state index is -0.391. The number of carbonyl (C=O) groups is 1. The summed E-state index contributed by atoms with van der Waals surface area (Å²) in [4.78, 5) is 14.4. The first-order valence-electron chi connectivity index (χ1n) is 9.15. The lowest BCUT2D eigenvalue weighted by molar-refractivity contribution is -0.0303.